The fraction of sp³-hybridized carbons (Fsp3) is 0.235. The van der Waals surface area contributed by atoms with E-state index in [0.29, 0.717) is 5.69 Å². The molecule has 0 atom stereocenters. The van der Waals surface area contributed by atoms with E-state index in [1.54, 1.807) is 12.1 Å². The van der Waals surface area contributed by atoms with Gasteiger partial charge in [0.05, 0.1) is 10.3 Å². The Morgan fingerprint density at radius 1 is 1.09 bits per heavy atom. The average Bonchev–Trinajstić information content (AvgIpc) is 2.47. The van der Waals surface area contributed by atoms with Crippen LogP contribution < -0.4 is 5.32 Å². The predicted octanol–water partition coefficient (Wildman–Crippen LogP) is 3.66. The summed E-state index contributed by atoms with van der Waals surface area (Å²) in [7, 11) is 0. The van der Waals surface area contributed by atoms with Crippen LogP contribution in [0.4, 0.5) is 11.4 Å². The largest absolute Gasteiger partial charge is 0.325 e. The van der Waals surface area contributed by atoms with Crippen LogP contribution in [0.25, 0.3) is 0 Å². The number of hydrogen-bond donors (Lipinski definition) is 1. The molecule has 1 fully saturated rings. The molecule has 3 rings (SSSR count). The number of nitrogens with one attached hydrogen (secondary N) is 1. The second-order valence-electron chi connectivity index (χ2n) is 5.56. The van der Waals surface area contributed by atoms with Gasteiger partial charge in [0.2, 0.25) is 5.91 Å². The van der Waals surface area contributed by atoms with E-state index < -0.39 is 10.3 Å². The summed E-state index contributed by atoms with van der Waals surface area (Å²) in [5.74, 6) is -0.0922. The average molecular weight is 296 g/mol. The van der Waals surface area contributed by atoms with Crippen LogP contribution in [0, 0.1) is 10.1 Å². The van der Waals surface area contributed by atoms with Crippen molar-refractivity contribution >= 4 is 17.3 Å². The van der Waals surface area contributed by atoms with Crippen molar-refractivity contribution < 1.29 is 9.72 Å². The van der Waals surface area contributed by atoms with Crippen molar-refractivity contribution in [1.29, 1.82) is 0 Å². The van der Waals surface area contributed by atoms with Crippen LogP contribution in [0.1, 0.15) is 24.8 Å². The third-order valence-electron chi connectivity index (χ3n) is 4.28. The van der Waals surface area contributed by atoms with Gasteiger partial charge in [-0.2, -0.15) is 0 Å². The molecular formula is C17H16N2O3. The van der Waals surface area contributed by atoms with Crippen LogP contribution in [-0.2, 0) is 10.2 Å². The SMILES string of the molecule is O=C(Nc1cccc([N+](=O)[O-])c1)C1(c2ccccc2)CCC1. The first kappa shape index (κ1) is 14.3. The number of rotatable bonds is 4. The fourth-order valence-corrected chi connectivity index (χ4v) is 2.88. The van der Waals surface area contributed by atoms with Crippen molar-refractivity contribution in [2.45, 2.75) is 24.7 Å². The van der Waals surface area contributed by atoms with Gasteiger partial charge in [-0.25, -0.2) is 0 Å². The molecule has 0 aliphatic heterocycles. The summed E-state index contributed by atoms with van der Waals surface area (Å²) in [5, 5.41) is 13.7. The number of anilines is 1. The Labute approximate surface area is 128 Å². The van der Waals surface area contributed by atoms with Crippen molar-refractivity contribution in [3.63, 3.8) is 0 Å². The second kappa shape index (κ2) is 5.60. The Hall–Kier alpha value is -2.69. The first-order valence-electron chi connectivity index (χ1n) is 7.23. The normalized spacial score (nSPS) is 15.6. The molecule has 5 nitrogen and oxygen atoms in total. The Morgan fingerprint density at radius 3 is 2.41 bits per heavy atom. The minimum absolute atomic E-state index is 0.0276. The maximum Gasteiger partial charge on any atom is 0.271 e. The quantitative estimate of drug-likeness (QED) is 0.691. The van der Waals surface area contributed by atoms with Gasteiger partial charge >= 0.3 is 0 Å². The van der Waals surface area contributed by atoms with E-state index in [2.05, 4.69) is 5.32 Å². The number of nitro benzene ring substituents is 1. The maximum absolute atomic E-state index is 12.7. The molecule has 1 amide bonds. The number of nitrogens with zero attached hydrogens (tertiary/aromatic N) is 1. The van der Waals surface area contributed by atoms with Crippen molar-refractivity contribution in [2.24, 2.45) is 0 Å². The lowest BCUT2D eigenvalue weighted by Crippen LogP contribution is -2.45. The first-order valence-corrected chi connectivity index (χ1v) is 7.23. The molecule has 0 unspecified atom stereocenters. The molecule has 2 aromatic carbocycles. The summed E-state index contributed by atoms with van der Waals surface area (Å²) in [6.07, 6.45) is 2.62. The number of non-ortho nitro benzene ring substituents is 1. The standard InChI is InChI=1S/C17H16N2O3/c20-16(18-14-8-4-9-15(12-14)19(21)22)17(10-5-11-17)13-6-2-1-3-7-13/h1-4,6-9,12H,5,10-11H2,(H,18,20). The first-order chi connectivity index (χ1) is 10.6. The van der Waals surface area contributed by atoms with Crippen LogP contribution in [0.15, 0.2) is 54.6 Å². The molecule has 0 bridgehead atoms. The molecule has 1 aliphatic carbocycles. The van der Waals surface area contributed by atoms with Gasteiger partial charge in [-0.3, -0.25) is 14.9 Å². The molecule has 1 aliphatic rings. The van der Waals surface area contributed by atoms with Crippen LogP contribution in [0.5, 0.6) is 0 Å². The van der Waals surface area contributed by atoms with Crippen LogP contribution in [0.3, 0.4) is 0 Å². The highest BCUT2D eigenvalue weighted by molar-refractivity contribution is 6.00. The molecule has 0 spiro atoms. The van der Waals surface area contributed by atoms with Crippen molar-refractivity contribution in [3.05, 3.63) is 70.3 Å². The molecule has 0 saturated heterocycles. The van der Waals surface area contributed by atoms with Crippen LogP contribution in [0.2, 0.25) is 0 Å². The molecule has 112 valence electrons. The van der Waals surface area contributed by atoms with Crippen molar-refractivity contribution in [1.82, 2.24) is 0 Å². The number of carbonyl (C=O) groups excluding carboxylic acids is 1. The molecule has 1 saturated carbocycles. The molecule has 0 heterocycles. The lowest BCUT2D eigenvalue weighted by atomic mass is 9.64. The van der Waals surface area contributed by atoms with E-state index in [4.69, 9.17) is 0 Å². The zero-order valence-corrected chi connectivity index (χ0v) is 12.0. The number of benzene rings is 2. The predicted molar refractivity (Wildman–Crippen MR) is 83.7 cm³/mol. The summed E-state index contributed by atoms with van der Waals surface area (Å²) in [6, 6.07) is 15.7. The summed E-state index contributed by atoms with van der Waals surface area (Å²) >= 11 is 0. The second-order valence-corrected chi connectivity index (χ2v) is 5.56. The topological polar surface area (TPSA) is 72.2 Å². The van der Waals surface area contributed by atoms with E-state index in [1.807, 2.05) is 30.3 Å². The molecule has 22 heavy (non-hydrogen) atoms. The molecule has 5 heteroatoms. The van der Waals surface area contributed by atoms with E-state index in [0.717, 1.165) is 24.8 Å². The van der Waals surface area contributed by atoms with Crippen molar-refractivity contribution in [2.75, 3.05) is 5.32 Å². The fourth-order valence-electron chi connectivity index (χ4n) is 2.88. The highest BCUT2D eigenvalue weighted by Gasteiger charge is 2.45. The van der Waals surface area contributed by atoms with Gasteiger partial charge in [0.25, 0.3) is 5.69 Å². The van der Waals surface area contributed by atoms with Crippen LogP contribution in [-0.4, -0.2) is 10.8 Å². The van der Waals surface area contributed by atoms with Crippen molar-refractivity contribution in [3.8, 4) is 0 Å². The third kappa shape index (κ3) is 2.45. The number of nitro groups is 1. The smallest absolute Gasteiger partial charge is 0.271 e. The minimum atomic E-state index is -0.508. The van der Waals surface area contributed by atoms with Gasteiger partial charge in [-0.1, -0.05) is 42.8 Å². The van der Waals surface area contributed by atoms with E-state index in [1.165, 1.54) is 12.1 Å². The number of amides is 1. The Morgan fingerprint density at radius 2 is 1.82 bits per heavy atom. The molecule has 0 aromatic heterocycles. The van der Waals surface area contributed by atoms with Gasteiger partial charge in [0.15, 0.2) is 0 Å². The summed E-state index contributed by atoms with van der Waals surface area (Å²) in [4.78, 5) is 23.1. The Bertz CT molecular complexity index is 709. The highest BCUT2D eigenvalue weighted by Crippen LogP contribution is 2.44. The van der Waals surface area contributed by atoms with Gasteiger partial charge in [-0.05, 0) is 24.5 Å². The van der Waals surface area contributed by atoms with Gasteiger partial charge in [-0.15, -0.1) is 0 Å². The zero-order chi connectivity index (χ0) is 15.6. The molecular weight excluding hydrogens is 280 g/mol. The zero-order valence-electron chi connectivity index (χ0n) is 12.0. The lowest BCUT2D eigenvalue weighted by molar-refractivity contribution is -0.384. The van der Waals surface area contributed by atoms with E-state index >= 15 is 0 Å². The Kier molecular flexibility index (Phi) is 3.63. The molecule has 1 N–H and O–H groups in total. The van der Waals surface area contributed by atoms with E-state index in [-0.39, 0.29) is 11.6 Å². The number of hydrogen-bond acceptors (Lipinski definition) is 3. The van der Waals surface area contributed by atoms with E-state index in [9.17, 15) is 14.9 Å². The molecule has 0 radical (unpaired) electrons. The van der Waals surface area contributed by atoms with Gasteiger partial charge in [0, 0.05) is 17.8 Å². The summed E-state index contributed by atoms with van der Waals surface area (Å²) < 4.78 is 0. The maximum atomic E-state index is 12.7. The number of carbonyl (C=O) groups is 1. The Balaban J connectivity index is 1.84. The van der Waals surface area contributed by atoms with Gasteiger partial charge < -0.3 is 5.32 Å². The summed E-state index contributed by atoms with van der Waals surface area (Å²) in [6.45, 7) is 0. The lowest BCUT2D eigenvalue weighted by Gasteiger charge is -2.40. The minimum Gasteiger partial charge on any atom is -0.325 e. The summed E-state index contributed by atoms with van der Waals surface area (Å²) in [5.41, 5.74) is 0.928. The monoisotopic (exact) mass is 296 g/mol. The highest BCUT2D eigenvalue weighted by atomic mass is 16.6. The third-order valence-corrected chi connectivity index (χ3v) is 4.28. The molecule has 2 aromatic rings. The van der Waals surface area contributed by atoms with Gasteiger partial charge in [0.1, 0.15) is 0 Å². The van der Waals surface area contributed by atoms with Crippen LogP contribution >= 0.6 is 0 Å².